The topological polar surface area (TPSA) is 64.7 Å². The van der Waals surface area contributed by atoms with Crippen LogP contribution in [0.1, 0.15) is 0 Å². The summed E-state index contributed by atoms with van der Waals surface area (Å²) in [7, 11) is 0. The van der Waals surface area contributed by atoms with Gasteiger partial charge in [-0.15, -0.1) is 10.2 Å². The predicted octanol–water partition coefficient (Wildman–Crippen LogP) is 4.00. The number of pyridine rings is 2. The summed E-state index contributed by atoms with van der Waals surface area (Å²) in [5.41, 5.74) is 2.19. The van der Waals surface area contributed by atoms with Crippen molar-refractivity contribution >= 4 is 22.5 Å². The van der Waals surface area contributed by atoms with Gasteiger partial charge in [0.2, 0.25) is 5.89 Å². The van der Waals surface area contributed by atoms with Gasteiger partial charge in [0.1, 0.15) is 5.15 Å². The molecule has 0 bridgehead atoms. The van der Waals surface area contributed by atoms with E-state index in [4.69, 9.17) is 16.0 Å². The van der Waals surface area contributed by atoms with E-state index in [1.54, 1.807) is 12.4 Å². The number of rotatable bonds is 2. The summed E-state index contributed by atoms with van der Waals surface area (Å²) in [6, 6.07) is 13.3. The molecule has 0 unspecified atom stereocenters. The number of hydrogen-bond donors (Lipinski definition) is 0. The Labute approximate surface area is 130 Å². The fourth-order valence-corrected chi connectivity index (χ4v) is 2.41. The molecule has 106 valence electrons. The van der Waals surface area contributed by atoms with Gasteiger partial charge in [-0.2, -0.15) is 0 Å². The molecule has 4 aromatic rings. The minimum atomic E-state index is 0.333. The summed E-state index contributed by atoms with van der Waals surface area (Å²) >= 11 is 6.24. The SMILES string of the molecule is Clc1nc2ccccc2cc1-c1nnc(-c2cccnc2)o1. The third-order valence-corrected chi connectivity index (χ3v) is 3.53. The number of nitrogens with zero attached hydrogens (tertiary/aromatic N) is 4. The molecule has 0 amide bonds. The number of hydrogen-bond acceptors (Lipinski definition) is 5. The lowest BCUT2D eigenvalue weighted by atomic mass is 10.1. The highest BCUT2D eigenvalue weighted by molar-refractivity contribution is 6.32. The zero-order valence-electron chi connectivity index (χ0n) is 11.3. The molecule has 0 aliphatic carbocycles. The Kier molecular flexibility index (Phi) is 3.05. The molecule has 4 rings (SSSR count). The van der Waals surface area contributed by atoms with Crippen LogP contribution in [0.4, 0.5) is 0 Å². The molecule has 6 heteroatoms. The van der Waals surface area contributed by atoms with Crippen LogP contribution < -0.4 is 0 Å². The highest BCUT2D eigenvalue weighted by Crippen LogP contribution is 2.30. The Hall–Kier alpha value is -2.79. The Morgan fingerprint density at radius 2 is 1.82 bits per heavy atom. The lowest BCUT2D eigenvalue weighted by molar-refractivity contribution is 0.584. The number of fused-ring (bicyclic) bond motifs is 1. The molecule has 0 N–H and O–H groups in total. The van der Waals surface area contributed by atoms with Crippen LogP contribution in [0.25, 0.3) is 33.8 Å². The molecule has 3 heterocycles. The van der Waals surface area contributed by atoms with Crippen LogP contribution in [0.3, 0.4) is 0 Å². The Morgan fingerprint density at radius 3 is 2.68 bits per heavy atom. The minimum absolute atomic E-state index is 0.333. The van der Waals surface area contributed by atoms with E-state index in [0.717, 1.165) is 16.5 Å². The van der Waals surface area contributed by atoms with Crippen LogP contribution >= 0.6 is 11.6 Å². The zero-order chi connectivity index (χ0) is 14.9. The normalized spacial score (nSPS) is 11.0. The number of aromatic nitrogens is 4. The summed E-state index contributed by atoms with van der Waals surface area (Å²) in [5.74, 6) is 0.731. The lowest BCUT2D eigenvalue weighted by Gasteiger charge is -2.02. The van der Waals surface area contributed by atoms with Gasteiger partial charge in [-0.1, -0.05) is 29.8 Å². The van der Waals surface area contributed by atoms with Gasteiger partial charge in [-0.05, 0) is 24.3 Å². The third-order valence-electron chi connectivity index (χ3n) is 3.24. The van der Waals surface area contributed by atoms with Crippen molar-refractivity contribution in [3.8, 4) is 22.9 Å². The van der Waals surface area contributed by atoms with Crippen LogP contribution in [0, 0.1) is 0 Å². The lowest BCUT2D eigenvalue weighted by Crippen LogP contribution is -1.86. The molecule has 1 aromatic carbocycles. The Bertz CT molecular complexity index is 953. The monoisotopic (exact) mass is 308 g/mol. The molecule has 0 saturated heterocycles. The van der Waals surface area contributed by atoms with E-state index < -0.39 is 0 Å². The molecule has 5 nitrogen and oxygen atoms in total. The molecule has 22 heavy (non-hydrogen) atoms. The molecular weight excluding hydrogens is 300 g/mol. The first-order valence-electron chi connectivity index (χ1n) is 6.61. The summed E-state index contributed by atoms with van der Waals surface area (Å²) in [4.78, 5) is 8.39. The van der Waals surface area contributed by atoms with E-state index >= 15 is 0 Å². The van der Waals surface area contributed by atoms with Gasteiger partial charge in [-0.25, -0.2) is 4.98 Å². The average molecular weight is 309 g/mol. The molecule has 0 aliphatic rings. The molecule has 3 aromatic heterocycles. The fraction of sp³-hybridized carbons (Fsp3) is 0. The number of benzene rings is 1. The first-order chi connectivity index (χ1) is 10.8. The third kappa shape index (κ3) is 2.21. The molecule has 0 saturated carbocycles. The van der Waals surface area contributed by atoms with Crippen LogP contribution in [0.2, 0.25) is 5.15 Å². The van der Waals surface area contributed by atoms with Gasteiger partial charge < -0.3 is 4.42 Å². The molecule has 0 spiro atoms. The van der Waals surface area contributed by atoms with Gasteiger partial charge in [0, 0.05) is 17.8 Å². The predicted molar refractivity (Wildman–Crippen MR) is 83.3 cm³/mol. The minimum Gasteiger partial charge on any atom is -0.416 e. The fourth-order valence-electron chi connectivity index (χ4n) is 2.18. The summed E-state index contributed by atoms with van der Waals surface area (Å²) < 4.78 is 5.70. The maximum Gasteiger partial charge on any atom is 0.251 e. The molecular formula is C16H9ClN4O. The maximum absolute atomic E-state index is 6.24. The second-order valence-corrected chi connectivity index (χ2v) is 5.03. The second kappa shape index (κ2) is 5.20. The van der Waals surface area contributed by atoms with E-state index in [1.165, 1.54) is 0 Å². The van der Waals surface area contributed by atoms with Gasteiger partial charge in [0.05, 0.1) is 16.6 Å². The van der Waals surface area contributed by atoms with Crippen molar-refractivity contribution in [2.75, 3.05) is 0 Å². The van der Waals surface area contributed by atoms with Crippen LogP contribution in [0.5, 0.6) is 0 Å². The Balaban J connectivity index is 1.82. The molecule has 0 radical (unpaired) electrons. The van der Waals surface area contributed by atoms with Crippen molar-refractivity contribution in [3.05, 3.63) is 60.0 Å². The van der Waals surface area contributed by atoms with Crippen molar-refractivity contribution in [2.24, 2.45) is 0 Å². The standard InChI is InChI=1S/C16H9ClN4O/c17-14-12(8-10-4-1-2-6-13(10)19-14)16-21-20-15(22-16)11-5-3-7-18-9-11/h1-9H. The van der Waals surface area contributed by atoms with Crippen LogP contribution in [-0.2, 0) is 0 Å². The van der Waals surface area contributed by atoms with Crippen molar-refractivity contribution in [2.45, 2.75) is 0 Å². The second-order valence-electron chi connectivity index (χ2n) is 4.67. The summed E-state index contributed by atoms with van der Waals surface area (Å²) in [5, 5.41) is 9.40. The van der Waals surface area contributed by atoms with E-state index in [1.807, 2.05) is 42.5 Å². The van der Waals surface area contributed by atoms with Gasteiger partial charge in [0.25, 0.3) is 5.89 Å². The zero-order valence-corrected chi connectivity index (χ0v) is 12.0. The smallest absolute Gasteiger partial charge is 0.251 e. The van der Waals surface area contributed by atoms with Crippen LogP contribution in [-0.4, -0.2) is 20.2 Å². The average Bonchev–Trinajstić information content (AvgIpc) is 3.05. The van der Waals surface area contributed by atoms with Crippen molar-refractivity contribution in [1.82, 2.24) is 20.2 Å². The van der Waals surface area contributed by atoms with E-state index in [2.05, 4.69) is 20.2 Å². The highest BCUT2D eigenvalue weighted by atomic mass is 35.5. The van der Waals surface area contributed by atoms with E-state index in [9.17, 15) is 0 Å². The van der Waals surface area contributed by atoms with Crippen molar-refractivity contribution in [1.29, 1.82) is 0 Å². The van der Waals surface area contributed by atoms with Crippen molar-refractivity contribution in [3.63, 3.8) is 0 Å². The van der Waals surface area contributed by atoms with Crippen molar-refractivity contribution < 1.29 is 4.42 Å². The largest absolute Gasteiger partial charge is 0.416 e. The maximum atomic E-state index is 6.24. The van der Waals surface area contributed by atoms with E-state index in [0.29, 0.717) is 22.5 Å². The van der Waals surface area contributed by atoms with Crippen LogP contribution in [0.15, 0.2) is 59.3 Å². The summed E-state index contributed by atoms with van der Waals surface area (Å²) in [6.45, 7) is 0. The van der Waals surface area contributed by atoms with E-state index in [-0.39, 0.29) is 0 Å². The van der Waals surface area contributed by atoms with Gasteiger partial charge in [0.15, 0.2) is 0 Å². The molecule has 0 aliphatic heterocycles. The first kappa shape index (κ1) is 12.9. The number of halogens is 1. The quantitative estimate of drug-likeness (QED) is 0.524. The molecule has 0 atom stereocenters. The Morgan fingerprint density at radius 1 is 0.955 bits per heavy atom. The number of para-hydroxylation sites is 1. The van der Waals surface area contributed by atoms with Gasteiger partial charge in [-0.3, -0.25) is 4.98 Å². The first-order valence-corrected chi connectivity index (χ1v) is 6.98. The van der Waals surface area contributed by atoms with Gasteiger partial charge >= 0.3 is 0 Å². The highest BCUT2D eigenvalue weighted by Gasteiger charge is 2.15. The molecule has 0 fully saturated rings. The summed E-state index contributed by atoms with van der Waals surface area (Å²) in [6.07, 6.45) is 3.35.